The molecule has 8 heteroatoms. The Kier molecular flexibility index (Phi) is 6.44. The van der Waals surface area contributed by atoms with Crippen LogP contribution in [0, 0.1) is 17.8 Å². The molecule has 196 valence electrons. The van der Waals surface area contributed by atoms with E-state index in [0.717, 1.165) is 48.7 Å². The zero-order valence-corrected chi connectivity index (χ0v) is 22.3. The van der Waals surface area contributed by atoms with Crippen LogP contribution in [-0.2, 0) is 34.4 Å². The van der Waals surface area contributed by atoms with Crippen LogP contribution in [0.5, 0.6) is 0 Å². The first-order chi connectivity index (χ1) is 17.0. The maximum atomic E-state index is 11.3. The first-order valence-corrected chi connectivity index (χ1v) is 13.3. The number of hydrogen-bond donors (Lipinski definition) is 1. The van der Waals surface area contributed by atoms with Gasteiger partial charge in [0, 0.05) is 18.7 Å². The minimum Gasteiger partial charge on any atom is -0.478 e. The summed E-state index contributed by atoms with van der Waals surface area (Å²) in [6.07, 6.45) is 9.56. The van der Waals surface area contributed by atoms with E-state index < -0.39 is 35.7 Å². The average molecular weight is 498 g/mol. The molecule has 1 N–H and O–H groups in total. The van der Waals surface area contributed by atoms with Crippen molar-refractivity contribution in [2.24, 2.45) is 17.8 Å². The number of carboxylic acids is 1. The molecule has 2 saturated carbocycles. The molecule has 2 bridgehead atoms. The molecular formula is C28H39BO7. The van der Waals surface area contributed by atoms with Gasteiger partial charge in [0.25, 0.3) is 5.79 Å². The first-order valence-electron chi connectivity index (χ1n) is 13.3. The second-order valence-corrected chi connectivity index (χ2v) is 12.0. The lowest BCUT2D eigenvalue weighted by molar-refractivity contribution is -0.641. The normalized spacial score (nSPS) is 36.8. The summed E-state index contributed by atoms with van der Waals surface area (Å²) in [6.45, 7) is 10.2. The molecule has 4 fully saturated rings. The van der Waals surface area contributed by atoms with Gasteiger partial charge in [0.05, 0.1) is 11.2 Å². The van der Waals surface area contributed by atoms with Crippen molar-refractivity contribution in [3.05, 3.63) is 35.4 Å². The third-order valence-electron chi connectivity index (χ3n) is 9.58. The van der Waals surface area contributed by atoms with Crippen LogP contribution in [0.4, 0.5) is 0 Å². The van der Waals surface area contributed by atoms with Crippen molar-refractivity contribution in [3.8, 4) is 0 Å². The molecule has 1 aromatic carbocycles. The Hall–Kier alpha value is -1.71. The van der Waals surface area contributed by atoms with Gasteiger partial charge in [-0.25, -0.2) is 9.68 Å². The minimum atomic E-state index is -1.05. The number of ether oxygens (including phenoxy) is 1. The van der Waals surface area contributed by atoms with E-state index in [9.17, 15) is 9.90 Å². The van der Waals surface area contributed by atoms with Gasteiger partial charge in [-0.1, -0.05) is 44.4 Å². The Morgan fingerprint density at radius 2 is 1.86 bits per heavy atom. The quantitative estimate of drug-likeness (QED) is 0.342. The topological polar surface area (TPSA) is 83.5 Å². The highest BCUT2D eigenvalue weighted by molar-refractivity contribution is 6.63. The van der Waals surface area contributed by atoms with E-state index in [2.05, 4.69) is 6.92 Å². The summed E-state index contributed by atoms with van der Waals surface area (Å²) >= 11 is 0. The summed E-state index contributed by atoms with van der Waals surface area (Å²) in [5, 5.41) is 9.27. The van der Waals surface area contributed by atoms with Crippen molar-refractivity contribution in [2.75, 3.05) is 7.11 Å². The fraction of sp³-hybridized carbons (Fsp3) is 0.679. The Labute approximate surface area is 214 Å². The molecule has 1 spiro atoms. The van der Waals surface area contributed by atoms with Gasteiger partial charge in [-0.05, 0) is 81.8 Å². The number of methoxy groups -OCH3 is 1. The van der Waals surface area contributed by atoms with Gasteiger partial charge >= 0.3 is 13.1 Å². The molecule has 1 aromatic rings. The maximum Gasteiger partial charge on any atom is 0.495 e. The highest BCUT2D eigenvalue weighted by Gasteiger charge is 2.74. The number of carboxylic acid groups (broad SMARTS) is 1. The van der Waals surface area contributed by atoms with Gasteiger partial charge in [0.1, 0.15) is 0 Å². The van der Waals surface area contributed by atoms with Crippen LogP contribution in [0.25, 0.3) is 6.08 Å². The van der Waals surface area contributed by atoms with Gasteiger partial charge in [0.15, 0.2) is 5.60 Å². The van der Waals surface area contributed by atoms with Crippen LogP contribution < -0.4 is 5.46 Å². The van der Waals surface area contributed by atoms with Gasteiger partial charge in [0.2, 0.25) is 0 Å². The van der Waals surface area contributed by atoms with E-state index in [1.54, 1.807) is 13.2 Å². The number of fused-ring (bicyclic) bond motifs is 3. The molecule has 7 nitrogen and oxygen atoms in total. The molecule has 4 aliphatic rings. The van der Waals surface area contributed by atoms with E-state index in [0.29, 0.717) is 17.4 Å². The summed E-state index contributed by atoms with van der Waals surface area (Å²) in [5.41, 5.74) is 0.677. The number of hydrogen-bond acceptors (Lipinski definition) is 6. The second-order valence-electron chi connectivity index (χ2n) is 12.0. The van der Waals surface area contributed by atoms with E-state index >= 15 is 0 Å². The van der Waals surface area contributed by atoms with Crippen LogP contribution in [0.15, 0.2) is 24.3 Å². The number of rotatable bonds is 6. The first kappa shape index (κ1) is 25.9. The van der Waals surface area contributed by atoms with E-state index in [1.807, 2.05) is 45.9 Å². The molecule has 2 saturated heterocycles. The lowest BCUT2D eigenvalue weighted by Gasteiger charge is -2.65. The van der Waals surface area contributed by atoms with Crippen LogP contribution >= 0.6 is 0 Å². The van der Waals surface area contributed by atoms with Crippen molar-refractivity contribution in [3.63, 3.8) is 0 Å². The molecule has 5 atom stereocenters. The molecule has 0 radical (unpaired) electrons. The van der Waals surface area contributed by atoms with E-state index in [4.69, 9.17) is 23.8 Å². The molecule has 0 aromatic heterocycles. The smallest absolute Gasteiger partial charge is 0.478 e. The zero-order chi connectivity index (χ0) is 25.9. The lowest BCUT2D eigenvalue weighted by Crippen LogP contribution is -2.74. The molecule has 36 heavy (non-hydrogen) atoms. The Morgan fingerprint density at radius 3 is 2.44 bits per heavy atom. The van der Waals surface area contributed by atoms with Gasteiger partial charge < -0.3 is 19.2 Å². The van der Waals surface area contributed by atoms with Crippen LogP contribution in [0.3, 0.4) is 0 Å². The summed E-state index contributed by atoms with van der Waals surface area (Å²) in [5.74, 6) is -0.643. The van der Waals surface area contributed by atoms with Gasteiger partial charge in [-0.3, -0.25) is 0 Å². The van der Waals surface area contributed by atoms with E-state index in [-0.39, 0.29) is 0 Å². The maximum absolute atomic E-state index is 11.3. The summed E-state index contributed by atoms with van der Waals surface area (Å²) in [4.78, 5) is 23.5. The zero-order valence-electron chi connectivity index (χ0n) is 22.3. The third-order valence-corrected chi connectivity index (χ3v) is 9.58. The number of aliphatic carboxylic acids is 1. The molecule has 2 heterocycles. The van der Waals surface area contributed by atoms with Gasteiger partial charge in [-0.15, -0.1) is 0 Å². The van der Waals surface area contributed by atoms with Crippen molar-refractivity contribution in [1.29, 1.82) is 0 Å². The van der Waals surface area contributed by atoms with Crippen molar-refractivity contribution < 1.29 is 33.7 Å². The number of carbonyl (C=O) groups is 1. The Bertz CT molecular complexity index is 1030. The van der Waals surface area contributed by atoms with Crippen LogP contribution in [0.1, 0.15) is 84.3 Å². The Morgan fingerprint density at radius 1 is 1.14 bits per heavy atom. The SMILES string of the molecule is CCC1CC2CCCC(C2)C12OOC2(OC)c1ccc(/C=C/C(=O)O)c(B2OC(C)(C)C(C)(C)O2)c1. The van der Waals surface area contributed by atoms with Crippen molar-refractivity contribution in [2.45, 2.75) is 95.7 Å². The molecule has 2 aliphatic heterocycles. The minimum absolute atomic E-state index is 0.321. The van der Waals surface area contributed by atoms with Crippen LogP contribution in [0.2, 0.25) is 0 Å². The van der Waals surface area contributed by atoms with Crippen molar-refractivity contribution in [1.82, 2.24) is 0 Å². The highest BCUT2D eigenvalue weighted by Crippen LogP contribution is 2.64. The monoisotopic (exact) mass is 498 g/mol. The summed E-state index contributed by atoms with van der Waals surface area (Å²) in [6, 6.07) is 5.86. The third kappa shape index (κ3) is 3.71. The van der Waals surface area contributed by atoms with Gasteiger partial charge in [-0.2, -0.15) is 4.89 Å². The fourth-order valence-corrected chi connectivity index (χ4v) is 7.01. The summed E-state index contributed by atoms with van der Waals surface area (Å²) < 4.78 is 19.0. The summed E-state index contributed by atoms with van der Waals surface area (Å²) in [7, 11) is 1.03. The number of benzene rings is 1. The molecule has 5 unspecified atom stereocenters. The molecule has 2 aliphatic carbocycles. The lowest BCUT2D eigenvalue weighted by atomic mass is 9.54. The largest absolute Gasteiger partial charge is 0.495 e. The predicted octanol–water partition coefficient (Wildman–Crippen LogP) is 4.82. The molecule has 5 rings (SSSR count). The van der Waals surface area contributed by atoms with E-state index in [1.165, 1.54) is 12.8 Å². The predicted molar refractivity (Wildman–Crippen MR) is 136 cm³/mol. The van der Waals surface area contributed by atoms with Crippen molar-refractivity contribution >= 4 is 24.6 Å². The highest BCUT2D eigenvalue weighted by atomic mass is 17.3. The average Bonchev–Trinajstić information content (AvgIpc) is 3.04. The standard InChI is InChI=1S/C28H39BO7/c1-7-20-15-18-9-8-10-21(16-18)27(20)28(32-6,36-35-27)22-13-11-19(12-14-24(30)31)23(17-22)29-33-25(2,3)26(4,5)34-29/h11-14,17-18,20-21H,7-10,15-16H2,1-6H3,(H,30,31)/b14-12+. The van der Waals surface area contributed by atoms with Crippen LogP contribution in [-0.4, -0.2) is 42.1 Å². The second kappa shape index (κ2) is 8.95. The molecule has 0 amide bonds. The fourth-order valence-electron chi connectivity index (χ4n) is 7.01. The Balaban J connectivity index is 1.61. The molecular weight excluding hydrogens is 459 g/mol.